The van der Waals surface area contributed by atoms with Crippen molar-refractivity contribution in [3.8, 4) is 0 Å². The Bertz CT molecular complexity index is 496. The van der Waals surface area contributed by atoms with E-state index in [2.05, 4.69) is 34.1 Å². The van der Waals surface area contributed by atoms with Crippen molar-refractivity contribution in [2.45, 2.75) is 19.0 Å². The summed E-state index contributed by atoms with van der Waals surface area (Å²) < 4.78 is 11.0. The summed E-state index contributed by atoms with van der Waals surface area (Å²) in [6.07, 6.45) is 0. The van der Waals surface area contributed by atoms with Crippen molar-refractivity contribution in [2.75, 3.05) is 52.6 Å². The second kappa shape index (κ2) is 8.02. The van der Waals surface area contributed by atoms with Gasteiger partial charge in [0.25, 0.3) is 0 Å². The maximum Gasteiger partial charge on any atom is 0.148 e. The molecule has 0 saturated carbocycles. The molecule has 0 radical (unpaired) electrons. The van der Waals surface area contributed by atoms with E-state index in [4.69, 9.17) is 9.47 Å². The van der Waals surface area contributed by atoms with Gasteiger partial charge in [-0.2, -0.15) is 0 Å². The van der Waals surface area contributed by atoms with E-state index in [1.807, 2.05) is 6.07 Å². The van der Waals surface area contributed by atoms with Crippen LogP contribution in [0, 0.1) is 0 Å². The smallest absolute Gasteiger partial charge is 0.148 e. The van der Waals surface area contributed by atoms with E-state index in [0.29, 0.717) is 13.2 Å². The fraction of sp³-hybridized carbons (Fsp3) is 0.611. The largest absolute Gasteiger partial charge is 0.379 e. The fourth-order valence-corrected chi connectivity index (χ4v) is 3.63. The molecule has 2 aliphatic heterocycles. The van der Waals surface area contributed by atoms with Gasteiger partial charge in [-0.25, -0.2) is 0 Å². The summed E-state index contributed by atoms with van der Waals surface area (Å²) in [6, 6.07) is 10.4. The average molecular weight is 318 g/mol. The van der Waals surface area contributed by atoms with E-state index in [0.717, 1.165) is 39.4 Å². The molecule has 126 valence electrons. The molecule has 2 atom stereocenters. The van der Waals surface area contributed by atoms with Gasteiger partial charge in [0.05, 0.1) is 38.5 Å². The number of hydrogen-bond donors (Lipinski definition) is 0. The molecule has 0 unspecified atom stereocenters. The molecule has 5 heteroatoms. The summed E-state index contributed by atoms with van der Waals surface area (Å²) >= 11 is 0. The molecule has 5 nitrogen and oxygen atoms in total. The van der Waals surface area contributed by atoms with Crippen LogP contribution in [-0.4, -0.2) is 74.2 Å². The molecule has 2 heterocycles. The first-order valence-electron chi connectivity index (χ1n) is 8.46. The number of carbonyl (C=O) groups is 1. The SMILES string of the molecule is CC(=O)[C@@H]([C@@H](c1ccccc1)N1CCOCC1)N1CCOCC1. The Morgan fingerprint density at radius 2 is 1.43 bits per heavy atom. The van der Waals surface area contributed by atoms with E-state index in [-0.39, 0.29) is 17.9 Å². The van der Waals surface area contributed by atoms with Gasteiger partial charge >= 0.3 is 0 Å². The molecule has 1 aromatic rings. The minimum Gasteiger partial charge on any atom is -0.379 e. The van der Waals surface area contributed by atoms with Gasteiger partial charge in [0.15, 0.2) is 0 Å². The molecular formula is C18H26N2O3. The molecule has 2 fully saturated rings. The molecular weight excluding hydrogens is 292 g/mol. The Labute approximate surface area is 138 Å². The van der Waals surface area contributed by atoms with E-state index in [9.17, 15) is 4.79 Å². The van der Waals surface area contributed by atoms with Gasteiger partial charge in [-0.15, -0.1) is 0 Å². The molecule has 2 aliphatic rings. The average Bonchev–Trinajstić information content (AvgIpc) is 2.61. The van der Waals surface area contributed by atoms with Crippen LogP contribution in [0.4, 0.5) is 0 Å². The number of benzene rings is 1. The maximum atomic E-state index is 12.6. The zero-order valence-corrected chi connectivity index (χ0v) is 13.8. The van der Waals surface area contributed by atoms with Crippen LogP contribution in [0.15, 0.2) is 30.3 Å². The molecule has 3 rings (SSSR count). The second-order valence-corrected chi connectivity index (χ2v) is 6.21. The predicted molar refractivity (Wildman–Crippen MR) is 88.4 cm³/mol. The summed E-state index contributed by atoms with van der Waals surface area (Å²) in [5.74, 6) is 0.229. The van der Waals surface area contributed by atoms with Crippen LogP contribution in [0.25, 0.3) is 0 Å². The molecule has 0 N–H and O–H groups in total. The summed E-state index contributed by atoms with van der Waals surface area (Å²) in [7, 11) is 0. The van der Waals surface area contributed by atoms with Crippen molar-refractivity contribution >= 4 is 5.78 Å². The van der Waals surface area contributed by atoms with Gasteiger partial charge < -0.3 is 9.47 Å². The summed E-state index contributed by atoms with van der Waals surface area (Å²) in [6.45, 7) is 7.96. The minimum absolute atomic E-state index is 0.0794. The Kier molecular flexibility index (Phi) is 5.78. The topological polar surface area (TPSA) is 42.0 Å². The Hall–Kier alpha value is -1.27. The summed E-state index contributed by atoms with van der Waals surface area (Å²) in [5.41, 5.74) is 1.21. The summed E-state index contributed by atoms with van der Waals surface area (Å²) in [4.78, 5) is 17.3. The normalized spacial score (nSPS) is 23.3. The van der Waals surface area contributed by atoms with E-state index in [1.165, 1.54) is 5.56 Å². The minimum atomic E-state index is -0.126. The lowest BCUT2D eigenvalue weighted by Gasteiger charge is -2.43. The van der Waals surface area contributed by atoms with Crippen molar-refractivity contribution < 1.29 is 14.3 Å². The van der Waals surface area contributed by atoms with Crippen LogP contribution in [0.5, 0.6) is 0 Å². The highest BCUT2D eigenvalue weighted by Gasteiger charge is 2.37. The number of Topliss-reactive ketones (excluding diaryl/α,β-unsaturated/α-hetero) is 1. The van der Waals surface area contributed by atoms with Crippen LogP contribution < -0.4 is 0 Å². The van der Waals surface area contributed by atoms with Crippen LogP contribution in [0.1, 0.15) is 18.5 Å². The van der Waals surface area contributed by atoms with Crippen LogP contribution in [0.3, 0.4) is 0 Å². The van der Waals surface area contributed by atoms with Gasteiger partial charge in [-0.1, -0.05) is 30.3 Å². The maximum absolute atomic E-state index is 12.6. The lowest BCUT2D eigenvalue weighted by atomic mass is 9.93. The quantitative estimate of drug-likeness (QED) is 0.820. The number of carbonyl (C=O) groups excluding carboxylic acids is 1. The number of nitrogens with zero attached hydrogens (tertiary/aromatic N) is 2. The van der Waals surface area contributed by atoms with Crippen LogP contribution in [0.2, 0.25) is 0 Å². The van der Waals surface area contributed by atoms with Crippen LogP contribution in [-0.2, 0) is 14.3 Å². The van der Waals surface area contributed by atoms with Crippen molar-refractivity contribution in [3.63, 3.8) is 0 Å². The van der Waals surface area contributed by atoms with Crippen molar-refractivity contribution in [2.24, 2.45) is 0 Å². The zero-order valence-electron chi connectivity index (χ0n) is 13.8. The monoisotopic (exact) mass is 318 g/mol. The number of ether oxygens (including phenoxy) is 2. The Balaban J connectivity index is 1.91. The van der Waals surface area contributed by atoms with Gasteiger partial charge in [0, 0.05) is 26.2 Å². The standard InChI is InChI=1S/C18H26N2O3/c1-15(21)17(19-7-11-22-12-8-19)18(16-5-3-2-4-6-16)20-9-13-23-14-10-20/h2-6,17-18H,7-14H2,1H3/t17-,18+/m0/s1. The van der Waals surface area contributed by atoms with Crippen molar-refractivity contribution in [3.05, 3.63) is 35.9 Å². The van der Waals surface area contributed by atoms with Crippen LogP contribution >= 0.6 is 0 Å². The van der Waals surface area contributed by atoms with Crippen molar-refractivity contribution in [1.82, 2.24) is 9.80 Å². The molecule has 0 spiro atoms. The molecule has 0 aliphatic carbocycles. The molecule has 2 saturated heterocycles. The number of ketones is 1. The highest BCUT2D eigenvalue weighted by Crippen LogP contribution is 2.29. The van der Waals surface area contributed by atoms with Gasteiger partial charge in [-0.3, -0.25) is 14.6 Å². The highest BCUT2D eigenvalue weighted by molar-refractivity contribution is 5.82. The third-order valence-corrected chi connectivity index (χ3v) is 4.73. The Morgan fingerprint density at radius 1 is 0.913 bits per heavy atom. The first-order chi connectivity index (χ1) is 11.3. The molecule has 23 heavy (non-hydrogen) atoms. The fourth-order valence-electron chi connectivity index (χ4n) is 3.63. The zero-order chi connectivity index (χ0) is 16.1. The van der Waals surface area contributed by atoms with E-state index >= 15 is 0 Å². The lowest BCUT2D eigenvalue weighted by Crippen LogP contribution is -2.55. The molecule has 0 aromatic heterocycles. The molecule has 0 bridgehead atoms. The first-order valence-corrected chi connectivity index (χ1v) is 8.46. The lowest BCUT2D eigenvalue weighted by molar-refractivity contribution is -0.128. The van der Waals surface area contributed by atoms with Gasteiger partial charge in [0.1, 0.15) is 5.78 Å². The number of rotatable bonds is 5. The third-order valence-electron chi connectivity index (χ3n) is 4.73. The van der Waals surface area contributed by atoms with E-state index in [1.54, 1.807) is 6.92 Å². The third kappa shape index (κ3) is 3.98. The highest BCUT2D eigenvalue weighted by atomic mass is 16.5. The van der Waals surface area contributed by atoms with Gasteiger partial charge in [-0.05, 0) is 12.5 Å². The first kappa shape index (κ1) is 16.6. The molecule has 1 aromatic carbocycles. The van der Waals surface area contributed by atoms with Gasteiger partial charge in [0.2, 0.25) is 0 Å². The number of hydrogen-bond acceptors (Lipinski definition) is 5. The molecule has 0 amide bonds. The van der Waals surface area contributed by atoms with Crippen molar-refractivity contribution in [1.29, 1.82) is 0 Å². The summed E-state index contributed by atoms with van der Waals surface area (Å²) in [5, 5.41) is 0. The number of morpholine rings is 2. The predicted octanol–water partition coefficient (Wildman–Crippen LogP) is 1.35. The van der Waals surface area contributed by atoms with E-state index < -0.39 is 0 Å². The second-order valence-electron chi connectivity index (χ2n) is 6.21. The Morgan fingerprint density at radius 3 is 1.96 bits per heavy atom.